The van der Waals surface area contributed by atoms with E-state index in [2.05, 4.69) is 26.1 Å². The van der Waals surface area contributed by atoms with Crippen LogP contribution < -0.4 is 5.32 Å². The average molecular weight is 245 g/mol. The van der Waals surface area contributed by atoms with Crippen LogP contribution in [0.3, 0.4) is 0 Å². The Morgan fingerprint density at radius 1 is 1.29 bits per heavy atom. The number of hydrogen-bond donors (Lipinski definition) is 1. The van der Waals surface area contributed by atoms with Crippen LogP contribution in [0.4, 0.5) is 0 Å². The minimum absolute atomic E-state index is 0.180. The highest BCUT2D eigenvalue weighted by molar-refractivity contribution is 4.97. The van der Waals surface area contributed by atoms with Crippen molar-refractivity contribution in [3.63, 3.8) is 0 Å². The van der Waals surface area contributed by atoms with Crippen molar-refractivity contribution in [3.05, 3.63) is 0 Å². The Bertz CT molecular complexity index is 199. The first-order valence-electron chi connectivity index (χ1n) is 6.68. The largest absolute Gasteiger partial charge is 0.382 e. The Balaban J connectivity index is 2.30. The van der Waals surface area contributed by atoms with E-state index in [1.165, 1.54) is 0 Å². The molecule has 0 radical (unpaired) electrons. The van der Waals surface area contributed by atoms with E-state index in [0.717, 1.165) is 19.4 Å². The van der Waals surface area contributed by atoms with Crippen molar-refractivity contribution in [2.24, 2.45) is 0 Å². The molecule has 0 saturated heterocycles. The Labute approximate surface area is 105 Å². The summed E-state index contributed by atoms with van der Waals surface area (Å²) in [7, 11) is 1.69. The number of methoxy groups -OCH3 is 1. The van der Waals surface area contributed by atoms with Gasteiger partial charge >= 0.3 is 0 Å². The summed E-state index contributed by atoms with van der Waals surface area (Å²) < 4.78 is 16.7. The topological polar surface area (TPSA) is 39.7 Å². The van der Waals surface area contributed by atoms with Crippen LogP contribution in [0.15, 0.2) is 0 Å². The lowest BCUT2D eigenvalue weighted by molar-refractivity contribution is -0.165. The molecule has 1 aliphatic rings. The summed E-state index contributed by atoms with van der Waals surface area (Å²) >= 11 is 0. The molecule has 0 spiro atoms. The van der Waals surface area contributed by atoms with Crippen LogP contribution >= 0.6 is 0 Å². The second-order valence-corrected chi connectivity index (χ2v) is 4.85. The zero-order chi connectivity index (χ0) is 12.7. The van der Waals surface area contributed by atoms with Gasteiger partial charge in [0.05, 0.1) is 31.5 Å². The van der Waals surface area contributed by atoms with Gasteiger partial charge in [-0.25, -0.2) is 0 Å². The Kier molecular flexibility index (Phi) is 7.04. The zero-order valence-corrected chi connectivity index (χ0v) is 11.6. The molecule has 1 rings (SSSR count). The van der Waals surface area contributed by atoms with Crippen LogP contribution in [0.2, 0.25) is 0 Å². The lowest BCUT2D eigenvalue weighted by Gasteiger charge is -2.45. The van der Waals surface area contributed by atoms with Gasteiger partial charge < -0.3 is 19.5 Å². The second-order valence-electron chi connectivity index (χ2n) is 4.85. The molecule has 0 aliphatic heterocycles. The van der Waals surface area contributed by atoms with Crippen LogP contribution in [0.5, 0.6) is 0 Å². The van der Waals surface area contributed by atoms with Gasteiger partial charge in [-0.15, -0.1) is 0 Å². The molecule has 3 unspecified atom stereocenters. The standard InChI is InChI=1S/C13H27NO3/c1-5-6-14-11-9-12(17-10(2)3)13(11)16-8-7-15-4/h10-14H,5-9H2,1-4H3. The number of ether oxygens (including phenoxy) is 3. The number of nitrogens with one attached hydrogen (secondary N) is 1. The monoisotopic (exact) mass is 245 g/mol. The molecule has 1 fully saturated rings. The summed E-state index contributed by atoms with van der Waals surface area (Å²) in [5.41, 5.74) is 0. The minimum atomic E-state index is 0.180. The molecule has 1 N–H and O–H groups in total. The van der Waals surface area contributed by atoms with Crippen LogP contribution in [0.25, 0.3) is 0 Å². The molecule has 0 aromatic rings. The fourth-order valence-corrected chi connectivity index (χ4v) is 2.08. The van der Waals surface area contributed by atoms with E-state index in [1.807, 2.05) is 0 Å². The minimum Gasteiger partial charge on any atom is -0.382 e. The van der Waals surface area contributed by atoms with E-state index in [9.17, 15) is 0 Å². The Hall–Kier alpha value is -0.160. The molecule has 0 aromatic heterocycles. The maximum absolute atomic E-state index is 5.83. The average Bonchev–Trinajstić information content (AvgIpc) is 2.28. The SMILES string of the molecule is CCCNC1CC(OC(C)C)C1OCCOC. The molecular formula is C13H27NO3. The molecule has 17 heavy (non-hydrogen) atoms. The van der Waals surface area contributed by atoms with E-state index in [0.29, 0.717) is 19.3 Å². The van der Waals surface area contributed by atoms with Crippen LogP contribution in [0, 0.1) is 0 Å². The summed E-state index contributed by atoms with van der Waals surface area (Å²) in [5.74, 6) is 0. The predicted octanol–water partition coefficient (Wildman–Crippen LogP) is 1.58. The smallest absolute Gasteiger partial charge is 0.0991 e. The summed E-state index contributed by atoms with van der Waals surface area (Å²) in [6.45, 7) is 8.64. The van der Waals surface area contributed by atoms with E-state index in [-0.39, 0.29) is 18.3 Å². The predicted molar refractivity (Wildman–Crippen MR) is 68.3 cm³/mol. The van der Waals surface area contributed by atoms with Crippen molar-refractivity contribution in [1.82, 2.24) is 5.32 Å². The molecule has 0 amide bonds. The summed E-state index contributed by atoms with van der Waals surface area (Å²) in [4.78, 5) is 0. The van der Waals surface area contributed by atoms with Crippen LogP contribution in [0.1, 0.15) is 33.6 Å². The molecule has 1 saturated carbocycles. The molecule has 0 heterocycles. The molecule has 0 aromatic carbocycles. The van der Waals surface area contributed by atoms with Crippen LogP contribution in [-0.4, -0.2) is 51.2 Å². The van der Waals surface area contributed by atoms with Gasteiger partial charge in [0.2, 0.25) is 0 Å². The van der Waals surface area contributed by atoms with Gasteiger partial charge in [0.1, 0.15) is 0 Å². The van der Waals surface area contributed by atoms with Gasteiger partial charge in [0.15, 0.2) is 0 Å². The lowest BCUT2D eigenvalue weighted by Crippen LogP contribution is -2.60. The van der Waals surface area contributed by atoms with Crippen molar-refractivity contribution in [3.8, 4) is 0 Å². The van der Waals surface area contributed by atoms with Gasteiger partial charge in [-0.2, -0.15) is 0 Å². The second kappa shape index (κ2) is 8.03. The first-order chi connectivity index (χ1) is 8.19. The summed E-state index contributed by atoms with van der Waals surface area (Å²) in [6, 6.07) is 0.440. The molecular weight excluding hydrogens is 218 g/mol. The molecule has 102 valence electrons. The fourth-order valence-electron chi connectivity index (χ4n) is 2.08. The van der Waals surface area contributed by atoms with E-state index in [4.69, 9.17) is 14.2 Å². The van der Waals surface area contributed by atoms with E-state index >= 15 is 0 Å². The third kappa shape index (κ3) is 4.92. The quantitative estimate of drug-likeness (QED) is 0.626. The van der Waals surface area contributed by atoms with Gasteiger partial charge in [-0.05, 0) is 33.2 Å². The zero-order valence-electron chi connectivity index (χ0n) is 11.6. The van der Waals surface area contributed by atoms with Gasteiger partial charge in [-0.1, -0.05) is 6.92 Å². The molecule has 4 heteroatoms. The Morgan fingerprint density at radius 3 is 2.65 bits per heavy atom. The van der Waals surface area contributed by atoms with Gasteiger partial charge in [-0.3, -0.25) is 0 Å². The van der Waals surface area contributed by atoms with E-state index < -0.39 is 0 Å². The first kappa shape index (κ1) is 14.9. The van der Waals surface area contributed by atoms with Gasteiger partial charge in [0.25, 0.3) is 0 Å². The highest BCUT2D eigenvalue weighted by Gasteiger charge is 2.42. The van der Waals surface area contributed by atoms with Crippen molar-refractivity contribution in [1.29, 1.82) is 0 Å². The Morgan fingerprint density at radius 2 is 2.06 bits per heavy atom. The fraction of sp³-hybridized carbons (Fsp3) is 1.00. The number of rotatable bonds is 9. The van der Waals surface area contributed by atoms with E-state index in [1.54, 1.807) is 7.11 Å². The van der Waals surface area contributed by atoms with Crippen LogP contribution in [-0.2, 0) is 14.2 Å². The van der Waals surface area contributed by atoms with Crippen molar-refractivity contribution in [2.75, 3.05) is 26.9 Å². The maximum atomic E-state index is 5.83. The normalized spacial score (nSPS) is 28.4. The maximum Gasteiger partial charge on any atom is 0.0991 e. The lowest BCUT2D eigenvalue weighted by atomic mass is 9.85. The third-order valence-corrected chi connectivity index (χ3v) is 2.95. The molecule has 4 nitrogen and oxygen atoms in total. The van der Waals surface area contributed by atoms with Gasteiger partial charge in [0, 0.05) is 13.2 Å². The highest BCUT2D eigenvalue weighted by atomic mass is 16.6. The highest BCUT2D eigenvalue weighted by Crippen LogP contribution is 2.28. The third-order valence-electron chi connectivity index (χ3n) is 2.95. The van der Waals surface area contributed by atoms with Crippen molar-refractivity contribution in [2.45, 2.75) is 58.0 Å². The molecule has 3 atom stereocenters. The molecule has 1 aliphatic carbocycles. The molecule has 0 bridgehead atoms. The first-order valence-corrected chi connectivity index (χ1v) is 6.68. The van der Waals surface area contributed by atoms with Crippen molar-refractivity contribution < 1.29 is 14.2 Å². The summed E-state index contributed by atoms with van der Waals surface area (Å²) in [6.07, 6.45) is 2.88. The number of hydrogen-bond acceptors (Lipinski definition) is 4. The van der Waals surface area contributed by atoms with Crippen molar-refractivity contribution >= 4 is 0 Å². The summed E-state index contributed by atoms with van der Waals surface area (Å²) in [5, 5.41) is 3.50.